The zero-order chi connectivity index (χ0) is 70.0. The second kappa shape index (κ2) is 43.4. The van der Waals surface area contributed by atoms with Gasteiger partial charge in [-0.2, -0.15) is 0 Å². The summed E-state index contributed by atoms with van der Waals surface area (Å²) in [4.78, 5) is 104. The number of likely N-dealkylation sites (tertiary alicyclic amines) is 1. The minimum Gasteiger partial charge on any atom is -0.480 e. The lowest BCUT2D eigenvalue weighted by Gasteiger charge is -2.41. The van der Waals surface area contributed by atoms with Crippen LogP contribution < -0.4 is 21.1 Å². The molecule has 3 rings (SSSR count). The molecule has 530 valence electrons. The van der Waals surface area contributed by atoms with Crippen LogP contribution in [0.25, 0.3) is 10.4 Å². The molecule has 2 aromatic rings. The predicted octanol–water partition coefficient (Wildman–Crippen LogP) is 6.51. The minimum absolute atomic E-state index is 0.0874. The van der Waals surface area contributed by atoms with Gasteiger partial charge in [-0.1, -0.05) is 115 Å². The molecule has 0 unspecified atom stereocenters. The number of ether oxygens (including phenoxy) is 7. The van der Waals surface area contributed by atoms with Gasteiger partial charge in [0.1, 0.15) is 18.1 Å². The number of methoxy groups -OCH3 is 2. The van der Waals surface area contributed by atoms with E-state index in [-0.39, 0.29) is 67.1 Å². The second-order valence-electron chi connectivity index (χ2n) is 26.1. The van der Waals surface area contributed by atoms with E-state index in [1.807, 2.05) is 77.9 Å². The highest BCUT2D eigenvalue weighted by Crippen LogP contribution is 2.30. The van der Waals surface area contributed by atoms with Crippen LogP contribution in [-0.2, 0) is 83.7 Å². The average molecular weight is 1360 g/mol. The molecule has 25 nitrogen and oxygen atoms in total. The second-order valence-corrected chi connectivity index (χ2v) is 34.5. The molecule has 0 saturated carbocycles. The smallest absolute Gasteiger partial charge is 0.326 e. The molecule has 1 fully saturated rings. The monoisotopic (exact) mass is 1360 g/mol. The third-order valence-electron chi connectivity index (χ3n) is 17.2. The number of carbonyl (C=O) groups excluding carboxylic acids is 6. The summed E-state index contributed by atoms with van der Waals surface area (Å²) >= 11 is 0. The fourth-order valence-electron chi connectivity index (χ4n) is 12.1. The van der Waals surface area contributed by atoms with Crippen molar-refractivity contribution >= 4 is 63.2 Å². The van der Waals surface area contributed by atoms with Crippen molar-refractivity contribution in [2.24, 2.45) is 28.8 Å². The fourth-order valence-corrected chi connectivity index (χ4v) is 20.5. The lowest BCUT2D eigenvalue weighted by molar-refractivity contribution is -0.149. The molecule has 6 amide bonds. The van der Waals surface area contributed by atoms with E-state index in [9.17, 15) is 38.7 Å². The Morgan fingerprint density at radius 2 is 1.35 bits per heavy atom. The predicted molar refractivity (Wildman–Crippen MR) is 365 cm³/mol. The van der Waals surface area contributed by atoms with Crippen molar-refractivity contribution < 1.29 is 75.9 Å². The Labute approximate surface area is 560 Å². The molecule has 2 aromatic carbocycles. The lowest BCUT2D eigenvalue weighted by atomic mass is 9.89. The summed E-state index contributed by atoms with van der Waals surface area (Å²) in [6, 6.07) is 13.6. The molecule has 94 heavy (non-hydrogen) atoms. The zero-order valence-electron chi connectivity index (χ0n) is 58.9. The van der Waals surface area contributed by atoms with Crippen molar-refractivity contribution in [3.8, 4) is 0 Å². The molecule has 0 bridgehead atoms. The summed E-state index contributed by atoms with van der Waals surface area (Å²) < 4.78 is 46.4. The van der Waals surface area contributed by atoms with Gasteiger partial charge < -0.3 is 73.0 Å². The molecule has 1 heterocycles. The Morgan fingerprint density at radius 3 is 1.90 bits per heavy atom. The normalized spacial score (nSPS) is 16.1. The van der Waals surface area contributed by atoms with Gasteiger partial charge in [-0.15, -0.1) is 0 Å². The standard InChI is InChI=1S/C67H113N9O16Si2/c1-16-49(6)62(56(85-10)46-59(79)76-31-21-27-55(76)63(86-11)50(7)64(80)71-54(67(83)84)44-51-23-18-17-19-24-51)75(9)66(82)60(47(2)3)72-65(81)61(48(4)5)74(8)58(78)28-22-42-93(12,13)92-94(14,15)53-26-20-25-52(43-53)45-57(77)69-29-32-87-34-36-89-38-40-91-41-39-90-37-35-88-33-30-70-73-68/h17-20,23-26,43,47-50,54-56,60-63H,16,21-22,27-42,44-46H2,1-15H3,(H,69,77)(H,71,80)(H,72,81)(H,83,84)/t49-,50+,54-,55-,56+,60-,61-,62-,63+/m1/s1. The van der Waals surface area contributed by atoms with E-state index in [0.717, 1.165) is 16.3 Å². The fraction of sp³-hybridized carbons (Fsp3) is 0.716. The quantitative estimate of drug-likeness (QED) is 0.0180. The van der Waals surface area contributed by atoms with Crippen LogP contribution in [0.15, 0.2) is 59.7 Å². The number of carbonyl (C=O) groups is 7. The Morgan fingerprint density at radius 1 is 0.755 bits per heavy atom. The van der Waals surface area contributed by atoms with Gasteiger partial charge in [0.2, 0.25) is 43.8 Å². The van der Waals surface area contributed by atoms with Crippen molar-refractivity contribution in [2.45, 2.75) is 174 Å². The maximum Gasteiger partial charge on any atom is 0.326 e. The molecule has 1 aliphatic heterocycles. The van der Waals surface area contributed by atoms with Crippen LogP contribution in [0, 0.1) is 23.7 Å². The SMILES string of the molecule is CC[C@@H](C)[C@H]([C@H](CC(=O)N1CCC[C@@H]1[C@@H](OC)[C@H](C)C(=O)N[C@H](Cc1ccccc1)C(=O)O)OC)N(C)C(=O)[C@H](NC(=O)[C@@H](C(C)C)N(C)C(=O)CCC[Si](C)(C)O[Si](C)(C)c1cccc(CC(=O)NCCOCCOCCOCCOCCOCCN=[N+]=[N-])c1)C(C)C. The Balaban J connectivity index is 1.53. The van der Waals surface area contributed by atoms with E-state index < -0.39 is 82.8 Å². The highest BCUT2D eigenvalue weighted by atomic mass is 28.4. The number of hydrogen-bond acceptors (Lipinski definition) is 16. The number of rotatable bonds is 48. The molecule has 27 heteroatoms. The van der Waals surface area contributed by atoms with Crippen LogP contribution in [0.3, 0.4) is 0 Å². The number of carboxylic acid groups (broad SMARTS) is 1. The van der Waals surface area contributed by atoms with Crippen molar-refractivity contribution in [3.63, 3.8) is 0 Å². The van der Waals surface area contributed by atoms with E-state index in [4.69, 9.17) is 42.8 Å². The third kappa shape index (κ3) is 28.5. The largest absolute Gasteiger partial charge is 0.480 e. The van der Waals surface area contributed by atoms with Gasteiger partial charge in [0, 0.05) is 65.7 Å². The summed E-state index contributed by atoms with van der Waals surface area (Å²) in [6.45, 7) is 26.8. The summed E-state index contributed by atoms with van der Waals surface area (Å²) in [5.41, 5.74) is 9.88. The number of azide groups is 1. The molecule has 1 aliphatic rings. The number of likely N-dealkylation sites (N-methyl/N-ethyl adjacent to an activating group) is 2. The molecule has 0 spiro atoms. The number of amides is 6. The van der Waals surface area contributed by atoms with Gasteiger partial charge in [0.25, 0.3) is 0 Å². The summed E-state index contributed by atoms with van der Waals surface area (Å²) in [7, 11) is 1.46. The van der Waals surface area contributed by atoms with Crippen molar-refractivity contribution in [3.05, 3.63) is 76.2 Å². The Kier molecular flexibility index (Phi) is 38.0. The van der Waals surface area contributed by atoms with Gasteiger partial charge >= 0.3 is 5.97 Å². The summed E-state index contributed by atoms with van der Waals surface area (Å²) in [5.74, 6) is -4.66. The van der Waals surface area contributed by atoms with Crippen LogP contribution in [0.4, 0.5) is 0 Å². The lowest BCUT2D eigenvalue weighted by Crippen LogP contribution is -2.60. The number of hydrogen-bond donors (Lipinski definition) is 4. The van der Waals surface area contributed by atoms with E-state index in [1.54, 1.807) is 43.0 Å². The number of benzene rings is 2. The van der Waals surface area contributed by atoms with Gasteiger partial charge in [-0.25, -0.2) is 4.79 Å². The van der Waals surface area contributed by atoms with Crippen LogP contribution in [-0.4, -0.2) is 234 Å². The van der Waals surface area contributed by atoms with Gasteiger partial charge in [-0.05, 0) is 91.1 Å². The van der Waals surface area contributed by atoms with Crippen LogP contribution in [0.2, 0.25) is 32.2 Å². The Bertz CT molecular complexity index is 2670. The number of nitrogens with zero attached hydrogens (tertiary/aromatic N) is 6. The molecule has 0 aliphatic carbocycles. The molecule has 4 N–H and O–H groups in total. The van der Waals surface area contributed by atoms with E-state index >= 15 is 0 Å². The number of aliphatic carboxylic acids is 1. The Hall–Kier alpha value is -5.85. The van der Waals surface area contributed by atoms with Crippen LogP contribution in [0.5, 0.6) is 0 Å². The van der Waals surface area contributed by atoms with Gasteiger partial charge in [0.15, 0.2) is 8.32 Å². The highest BCUT2D eigenvalue weighted by molar-refractivity contribution is 6.92. The van der Waals surface area contributed by atoms with Crippen LogP contribution >= 0.6 is 0 Å². The average Bonchev–Trinajstić information content (AvgIpc) is 1.32. The first-order valence-corrected chi connectivity index (χ1v) is 39.4. The minimum atomic E-state index is -2.48. The first kappa shape index (κ1) is 82.4. The molecular weight excluding hydrogens is 1240 g/mol. The topological polar surface area (TPSA) is 308 Å². The molecule has 0 aromatic heterocycles. The highest BCUT2D eigenvalue weighted by Gasteiger charge is 2.44. The van der Waals surface area contributed by atoms with E-state index in [1.165, 1.54) is 19.1 Å². The molecule has 1 saturated heterocycles. The van der Waals surface area contributed by atoms with E-state index in [0.29, 0.717) is 117 Å². The van der Waals surface area contributed by atoms with Crippen LogP contribution in [0.1, 0.15) is 98.1 Å². The summed E-state index contributed by atoms with van der Waals surface area (Å²) in [5, 5.41) is 23.1. The van der Waals surface area contributed by atoms with Gasteiger partial charge in [-0.3, -0.25) is 28.8 Å². The number of carboxylic acids is 1. The maximum atomic E-state index is 14.8. The first-order chi connectivity index (χ1) is 44.6. The van der Waals surface area contributed by atoms with Crippen molar-refractivity contribution in [1.29, 1.82) is 0 Å². The molecule has 9 atom stereocenters. The van der Waals surface area contributed by atoms with E-state index in [2.05, 4.69) is 58.2 Å². The van der Waals surface area contributed by atoms with Gasteiger partial charge in [0.05, 0.1) is 109 Å². The summed E-state index contributed by atoms with van der Waals surface area (Å²) in [6.07, 6.45) is 1.31. The first-order valence-electron chi connectivity index (χ1n) is 33.4. The van der Waals surface area contributed by atoms with Crippen molar-refractivity contribution in [2.75, 3.05) is 114 Å². The third-order valence-corrected chi connectivity index (χ3v) is 24.8. The zero-order valence-corrected chi connectivity index (χ0v) is 60.9. The molecular formula is C67H113N9O16Si2. The molecule has 0 radical (unpaired) electrons. The van der Waals surface area contributed by atoms with Crippen molar-refractivity contribution in [1.82, 2.24) is 30.7 Å². The maximum absolute atomic E-state index is 14.8. The number of nitrogens with one attached hydrogen (secondary N) is 3.